The van der Waals surface area contributed by atoms with E-state index in [1.807, 2.05) is 6.08 Å². The fourth-order valence-electron chi connectivity index (χ4n) is 5.59. The molecule has 306 valence electrons. The van der Waals surface area contributed by atoms with Crippen molar-refractivity contribution in [1.29, 1.82) is 0 Å². The van der Waals surface area contributed by atoms with Gasteiger partial charge in [-0.05, 0) is 77.0 Å². The minimum atomic E-state index is -4.77. The minimum Gasteiger partial charge on any atom is -0.462 e. The predicted octanol–water partition coefficient (Wildman–Crippen LogP) is 12.9. The number of hydrogen-bond donors (Lipinski definition) is 2. The molecular formula is C44H77O8P. The zero-order valence-electron chi connectivity index (χ0n) is 33.6. The molecule has 0 heterocycles. The number of phosphoric acid groups is 1. The summed E-state index contributed by atoms with van der Waals surface area (Å²) in [4.78, 5) is 42.8. The van der Waals surface area contributed by atoms with Crippen LogP contribution in [-0.4, -0.2) is 41.0 Å². The van der Waals surface area contributed by atoms with Gasteiger partial charge >= 0.3 is 19.8 Å². The third kappa shape index (κ3) is 42.4. The molecule has 0 bridgehead atoms. The molecule has 2 N–H and O–H groups in total. The third-order valence-corrected chi connectivity index (χ3v) is 9.24. The van der Waals surface area contributed by atoms with E-state index in [0.717, 1.165) is 64.2 Å². The van der Waals surface area contributed by atoms with E-state index in [4.69, 9.17) is 19.3 Å². The van der Waals surface area contributed by atoms with Crippen molar-refractivity contribution in [2.75, 3.05) is 13.2 Å². The first-order valence-electron chi connectivity index (χ1n) is 21.1. The van der Waals surface area contributed by atoms with E-state index in [1.54, 1.807) is 0 Å². The fraction of sp³-hybridized carbons (Fsp3) is 0.727. The first-order chi connectivity index (χ1) is 25.8. The van der Waals surface area contributed by atoms with Gasteiger partial charge in [-0.15, -0.1) is 0 Å². The molecule has 8 nitrogen and oxygen atoms in total. The summed E-state index contributed by atoms with van der Waals surface area (Å²) in [6.07, 6.45) is 49.5. The Kier molecular flexibility index (Phi) is 37.8. The largest absolute Gasteiger partial charge is 0.469 e. The highest BCUT2D eigenvalue weighted by atomic mass is 31.2. The molecule has 0 aromatic rings. The summed E-state index contributed by atoms with van der Waals surface area (Å²) in [6.45, 7) is 3.61. The van der Waals surface area contributed by atoms with Crippen LogP contribution in [-0.2, 0) is 28.2 Å². The quantitative estimate of drug-likeness (QED) is 0.0276. The van der Waals surface area contributed by atoms with Gasteiger partial charge in [0.05, 0.1) is 6.61 Å². The van der Waals surface area contributed by atoms with E-state index in [-0.39, 0.29) is 19.4 Å². The molecule has 0 rings (SSSR count). The SMILES string of the molecule is CCCCCCC/C=C/CCCCCCCC(=O)O[C@H](COC(=O)CCC/C=C/C/C=C/C/C=C/C/C=C/CCCCCCCCC)COP(=O)(O)O. The van der Waals surface area contributed by atoms with Crippen LogP contribution in [0.2, 0.25) is 0 Å². The lowest BCUT2D eigenvalue weighted by atomic mass is 10.1. The number of unbranched alkanes of at least 4 members (excludes halogenated alkanes) is 18. The molecule has 0 saturated heterocycles. The highest BCUT2D eigenvalue weighted by Crippen LogP contribution is 2.36. The van der Waals surface area contributed by atoms with E-state index in [1.165, 1.54) is 83.5 Å². The smallest absolute Gasteiger partial charge is 0.462 e. The van der Waals surface area contributed by atoms with Gasteiger partial charge in [0.15, 0.2) is 6.10 Å². The maximum Gasteiger partial charge on any atom is 0.469 e. The van der Waals surface area contributed by atoms with Gasteiger partial charge < -0.3 is 19.3 Å². The molecule has 0 amide bonds. The maximum absolute atomic E-state index is 12.4. The van der Waals surface area contributed by atoms with E-state index < -0.39 is 32.5 Å². The van der Waals surface area contributed by atoms with Crippen LogP contribution >= 0.6 is 7.82 Å². The molecule has 0 spiro atoms. The van der Waals surface area contributed by atoms with E-state index in [9.17, 15) is 14.2 Å². The molecular weight excluding hydrogens is 687 g/mol. The van der Waals surface area contributed by atoms with Crippen LogP contribution in [0.3, 0.4) is 0 Å². The summed E-state index contributed by atoms with van der Waals surface area (Å²) < 4.78 is 26.3. The van der Waals surface area contributed by atoms with Crippen LogP contribution in [0.25, 0.3) is 0 Å². The van der Waals surface area contributed by atoms with Crippen LogP contribution in [0.1, 0.15) is 187 Å². The number of allylic oxidation sites excluding steroid dienone is 10. The summed E-state index contributed by atoms with van der Waals surface area (Å²) >= 11 is 0. The number of ether oxygens (including phenoxy) is 2. The fourth-order valence-corrected chi connectivity index (χ4v) is 5.96. The Hall–Kier alpha value is -2.25. The first-order valence-corrected chi connectivity index (χ1v) is 22.6. The van der Waals surface area contributed by atoms with E-state index in [0.29, 0.717) is 12.8 Å². The monoisotopic (exact) mass is 765 g/mol. The predicted molar refractivity (Wildman–Crippen MR) is 221 cm³/mol. The lowest BCUT2D eigenvalue weighted by Gasteiger charge is -2.18. The lowest BCUT2D eigenvalue weighted by molar-refractivity contribution is -0.161. The molecule has 0 saturated carbocycles. The van der Waals surface area contributed by atoms with Crippen LogP contribution in [0.4, 0.5) is 0 Å². The van der Waals surface area contributed by atoms with Crippen LogP contribution < -0.4 is 0 Å². The van der Waals surface area contributed by atoms with Crippen LogP contribution in [0.15, 0.2) is 60.8 Å². The van der Waals surface area contributed by atoms with Crippen LogP contribution in [0.5, 0.6) is 0 Å². The summed E-state index contributed by atoms with van der Waals surface area (Å²) in [5.41, 5.74) is 0. The summed E-state index contributed by atoms with van der Waals surface area (Å²) in [5, 5.41) is 0. The standard InChI is InChI=1S/C44H77O8P/c1-3-5-7-9-11-13-15-17-19-20-21-22-23-24-25-27-28-30-32-34-36-38-43(45)50-40-42(41-51-53(47,48)49)52-44(46)39-37-35-33-31-29-26-18-16-14-12-10-8-6-4-2/h16,18-20,22-23,25,27,30,32,42H,3-15,17,21,24,26,28-29,31,33-41H2,1-2H3,(H2,47,48,49)/b18-16+,20-19+,23-22+,27-25+,32-30+/t42-/m1/s1. The van der Waals surface area contributed by atoms with Crippen molar-refractivity contribution in [2.24, 2.45) is 0 Å². The van der Waals surface area contributed by atoms with Crippen molar-refractivity contribution < 1.29 is 37.9 Å². The normalized spacial score (nSPS) is 13.1. The Balaban J connectivity index is 4.03. The van der Waals surface area contributed by atoms with Crippen LogP contribution in [0, 0.1) is 0 Å². The van der Waals surface area contributed by atoms with Crippen molar-refractivity contribution in [3.05, 3.63) is 60.8 Å². The van der Waals surface area contributed by atoms with Crippen molar-refractivity contribution in [1.82, 2.24) is 0 Å². The van der Waals surface area contributed by atoms with Crippen molar-refractivity contribution in [3.8, 4) is 0 Å². The molecule has 0 aliphatic carbocycles. The third-order valence-electron chi connectivity index (χ3n) is 8.76. The van der Waals surface area contributed by atoms with Crippen molar-refractivity contribution in [3.63, 3.8) is 0 Å². The second-order valence-corrected chi connectivity index (χ2v) is 15.2. The van der Waals surface area contributed by atoms with Gasteiger partial charge in [-0.1, -0.05) is 158 Å². The molecule has 53 heavy (non-hydrogen) atoms. The zero-order valence-corrected chi connectivity index (χ0v) is 34.5. The number of carbonyl (C=O) groups excluding carboxylic acids is 2. The van der Waals surface area contributed by atoms with E-state index in [2.05, 4.69) is 73.1 Å². The number of rotatable bonds is 38. The Morgan fingerprint density at radius 2 is 0.868 bits per heavy atom. The van der Waals surface area contributed by atoms with Gasteiger partial charge in [0.2, 0.25) is 0 Å². The molecule has 0 unspecified atom stereocenters. The zero-order chi connectivity index (χ0) is 38.9. The highest BCUT2D eigenvalue weighted by molar-refractivity contribution is 7.46. The molecule has 0 aliphatic rings. The highest BCUT2D eigenvalue weighted by Gasteiger charge is 2.22. The molecule has 0 radical (unpaired) electrons. The molecule has 0 fully saturated rings. The summed E-state index contributed by atoms with van der Waals surface area (Å²) in [7, 11) is -4.77. The Bertz CT molecular complexity index is 1040. The van der Waals surface area contributed by atoms with Gasteiger partial charge in [0, 0.05) is 12.8 Å². The van der Waals surface area contributed by atoms with E-state index >= 15 is 0 Å². The summed E-state index contributed by atoms with van der Waals surface area (Å²) in [5.74, 6) is -0.962. The number of esters is 2. The second-order valence-electron chi connectivity index (χ2n) is 14.0. The van der Waals surface area contributed by atoms with Gasteiger partial charge in [-0.3, -0.25) is 14.1 Å². The molecule has 0 aromatic heterocycles. The van der Waals surface area contributed by atoms with Crippen molar-refractivity contribution in [2.45, 2.75) is 193 Å². The Morgan fingerprint density at radius 3 is 1.34 bits per heavy atom. The average molecular weight is 765 g/mol. The molecule has 1 atom stereocenters. The summed E-state index contributed by atoms with van der Waals surface area (Å²) in [6, 6.07) is 0. The van der Waals surface area contributed by atoms with Gasteiger partial charge in [-0.2, -0.15) is 0 Å². The van der Waals surface area contributed by atoms with Gasteiger partial charge in [0.1, 0.15) is 6.61 Å². The topological polar surface area (TPSA) is 119 Å². The number of phosphoric ester groups is 1. The Labute approximate surface area is 324 Å². The Morgan fingerprint density at radius 1 is 0.491 bits per heavy atom. The maximum atomic E-state index is 12.4. The second kappa shape index (κ2) is 39.4. The average Bonchev–Trinajstić information content (AvgIpc) is 3.13. The van der Waals surface area contributed by atoms with Crippen molar-refractivity contribution >= 4 is 19.8 Å². The van der Waals surface area contributed by atoms with Gasteiger partial charge in [-0.25, -0.2) is 4.57 Å². The molecule has 0 aliphatic heterocycles. The first kappa shape index (κ1) is 50.8. The molecule has 9 heteroatoms. The molecule has 0 aromatic carbocycles. The van der Waals surface area contributed by atoms with Gasteiger partial charge in [0.25, 0.3) is 0 Å². The number of carbonyl (C=O) groups is 2. The lowest BCUT2D eigenvalue weighted by Crippen LogP contribution is -2.29. The minimum absolute atomic E-state index is 0.188. The number of hydrogen-bond acceptors (Lipinski definition) is 6.